The lowest BCUT2D eigenvalue weighted by atomic mass is 9.76. The normalized spacial score (nSPS) is 29.0. The lowest BCUT2D eigenvalue weighted by Gasteiger charge is -2.77. The monoisotopic (exact) mass is 435 g/mol. The number of hydrogen-bond acceptors (Lipinski definition) is 3. The van der Waals surface area contributed by atoms with E-state index in [2.05, 4.69) is 97.5 Å². The highest BCUT2D eigenvalue weighted by Gasteiger charge is 2.80. The summed E-state index contributed by atoms with van der Waals surface area (Å²) < 4.78 is 0. The van der Waals surface area contributed by atoms with Crippen molar-refractivity contribution in [2.75, 3.05) is 0 Å². The van der Waals surface area contributed by atoms with Crippen LogP contribution in [-0.4, -0.2) is 68.5 Å². The van der Waals surface area contributed by atoms with Gasteiger partial charge in [0.25, 0.3) is 18.9 Å². The number of piperidine rings is 1. The standard InChI is InChI=1S/C21H46B3N3P2/c1-16(2)25(17(3)4)22-28-23(26(18(5)6)19(7)8)29(22)24(28)27-20(9,10)14-13-15-21(27,11)12/h16-19H,13-15H2,1-12H3. The zero-order valence-electron chi connectivity index (χ0n) is 21.4. The highest BCUT2D eigenvalue weighted by Crippen LogP contribution is 2.94. The average molecular weight is 435 g/mol. The van der Waals surface area contributed by atoms with Crippen LogP contribution in [0.15, 0.2) is 0 Å². The fourth-order valence-corrected chi connectivity index (χ4v) is 18.6. The van der Waals surface area contributed by atoms with Crippen molar-refractivity contribution in [3.05, 3.63) is 0 Å². The van der Waals surface area contributed by atoms with Gasteiger partial charge in [-0.15, -0.1) is 15.1 Å². The summed E-state index contributed by atoms with van der Waals surface area (Å²) in [4.78, 5) is 8.84. The highest BCUT2D eigenvalue weighted by molar-refractivity contribution is 8.92. The van der Waals surface area contributed by atoms with E-state index >= 15 is 0 Å². The molecule has 0 aromatic carbocycles. The van der Waals surface area contributed by atoms with E-state index in [4.69, 9.17) is 0 Å². The van der Waals surface area contributed by atoms with Gasteiger partial charge in [-0.25, -0.2) is 0 Å². The molecule has 0 saturated carbocycles. The minimum absolute atomic E-state index is 0.00617. The van der Waals surface area contributed by atoms with Gasteiger partial charge in [0.15, 0.2) is 0 Å². The van der Waals surface area contributed by atoms with Crippen LogP contribution in [0.4, 0.5) is 0 Å². The largest absolute Gasteiger partial charge is 0.331 e. The van der Waals surface area contributed by atoms with Crippen molar-refractivity contribution >= 4 is 34.0 Å². The van der Waals surface area contributed by atoms with E-state index in [1.54, 1.807) is 0 Å². The Balaban J connectivity index is 1.95. The Labute approximate surface area is 186 Å². The molecule has 2 bridgehead atoms. The van der Waals surface area contributed by atoms with E-state index in [0.29, 0.717) is 35.2 Å². The summed E-state index contributed by atoms with van der Waals surface area (Å²) in [6, 6.07) is 2.63. The van der Waals surface area contributed by atoms with Crippen LogP contribution >= 0.6 is 15.1 Å². The molecule has 0 atom stereocenters. The molecule has 4 heterocycles. The molecule has 0 unspecified atom stereocenters. The molecule has 0 spiro atoms. The Morgan fingerprint density at radius 3 is 1.24 bits per heavy atom. The van der Waals surface area contributed by atoms with Gasteiger partial charge in [-0.3, -0.25) is 0 Å². The molecule has 3 nitrogen and oxygen atoms in total. The van der Waals surface area contributed by atoms with Gasteiger partial charge in [0.2, 0.25) is 0 Å². The van der Waals surface area contributed by atoms with Crippen molar-refractivity contribution in [3.8, 4) is 0 Å². The lowest BCUT2D eigenvalue weighted by Crippen LogP contribution is -2.79. The van der Waals surface area contributed by atoms with E-state index in [1.165, 1.54) is 19.3 Å². The lowest BCUT2D eigenvalue weighted by molar-refractivity contribution is 0.0545. The zero-order chi connectivity index (χ0) is 22.0. The van der Waals surface area contributed by atoms with E-state index in [-0.39, 0.29) is 15.1 Å². The molecule has 164 valence electrons. The van der Waals surface area contributed by atoms with E-state index in [0.717, 1.165) is 18.9 Å². The number of hydrogen-bond donors (Lipinski definition) is 0. The average Bonchev–Trinajstić information content (AvgIpc) is 2.48. The summed E-state index contributed by atoms with van der Waals surface area (Å²) in [7, 11) is -0.0123. The molecule has 0 amide bonds. The van der Waals surface area contributed by atoms with Crippen LogP contribution in [0.2, 0.25) is 0 Å². The van der Waals surface area contributed by atoms with Gasteiger partial charge < -0.3 is 14.4 Å². The quantitative estimate of drug-likeness (QED) is 0.348. The molecule has 4 rings (SSSR count). The molecular weight excluding hydrogens is 389 g/mol. The van der Waals surface area contributed by atoms with Crippen molar-refractivity contribution in [2.24, 2.45) is 0 Å². The van der Waals surface area contributed by atoms with E-state index in [1.807, 2.05) is 0 Å². The van der Waals surface area contributed by atoms with Crippen LogP contribution in [0.3, 0.4) is 0 Å². The molecule has 0 radical (unpaired) electrons. The second-order valence-electron chi connectivity index (χ2n) is 12.1. The van der Waals surface area contributed by atoms with Crippen LogP contribution in [0.1, 0.15) is 102 Å². The van der Waals surface area contributed by atoms with Gasteiger partial charge in [-0.2, -0.15) is 0 Å². The number of rotatable bonds is 7. The third-order valence-electron chi connectivity index (χ3n) is 7.63. The molecular formula is C21H46B3N3P2. The first-order chi connectivity index (χ1) is 13.2. The smallest absolute Gasteiger partial charge is 0.255 e. The van der Waals surface area contributed by atoms with Gasteiger partial charge in [-0.05, 0) is 71.1 Å². The Morgan fingerprint density at radius 2 is 0.966 bits per heavy atom. The molecule has 8 heteroatoms. The van der Waals surface area contributed by atoms with Gasteiger partial charge in [-0.1, -0.05) is 55.4 Å². The van der Waals surface area contributed by atoms with Crippen LogP contribution in [-0.2, 0) is 0 Å². The van der Waals surface area contributed by atoms with Gasteiger partial charge in [0, 0.05) is 11.1 Å². The zero-order valence-corrected chi connectivity index (χ0v) is 23.2. The molecule has 4 saturated heterocycles. The maximum atomic E-state index is 3.05. The summed E-state index contributed by atoms with van der Waals surface area (Å²) in [5, 5.41) is 0. The van der Waals surface area contributed by atoms with Crippen molar-refractivity contribution in [2.45, 2.75) is 138 Å². The first kappa shape index (κ1) is 24.6. The Hall–Kier alpha value is 0.935. The van der Waals surface area contributed by atoms with Crippen LogP contribution in [0.5, 0.6) is 0 Å². The summed E-state index contributed by atoms with van der Waals surface area (Å²) in [5.41, 5.74) is 0.703. The molecule has 0 aliphatic carbocycles. The van der Waals surface area contributed by atoms with Crippen molar-refractivity contribution in [3.63, 3.8) is 0 Å². The van der Waals surface area contributed by atoms with Gasteiger partial charge >= 0.3 is 0 Å². The minimum Gasteiger partial charge on any atom is -0.331 e. The second-order valence-corrected chi connectivity index (χ2v) is 18.0. The second kappa shape index (κ2) is 8.37. The molecule has 29 heavy (non-hydrogen) atoms. The first-order valence-corrected chi connectivity index (χ1v) is 15.2. The Morgan fingerprint density at radius 1 is 0.655 bits per heavy atom. The molecule has 0 aromatic rings. The van der Waals surface area contributed by atoms with E-state index in [9.17, 15) is 0 Å². The summed E-state index contributed by atoms with van der Waals surface area (Å²) in [5.74, 6) is 0. The Kier molecular flexibility index (Phi) is 7.09. The van der Waals surface area contributed by atoms with Crippen molar-refractivity contribution in [1.82, 2.24) is 14.4 Å². The highest BCUT2D eigenvalue weighted by atomic mass is 31.3. The maximum Gasteiger partial charge on any atom is 0.255 e. The summed E-state index contributed by atoms with van der Waals surface area (Å²) >= 11 is 0. The Bertz CT molecular complexity index is 528. The molecule has 0 aromatic heterocycles. The fraction of sp³-hybridized carbons (Fsp3) is 1.00. The van der Waals surface area contributed by atoms with Gasteiger partial charge in [0.1, 0.15) is 0 Å². The molecule has 4 aliphatic heterocycles. The topological polar surface area (TPSA) is 9.72 Å². The van der Waals surface area contributed by atoms with Crippen molar-refractivity contribution < 1.29 is 0 Å². The fourth-order valence-electron chi connectivity index (χ4n) is 6.75. The van der Waals surface area contributed by atoms with Crippen LogP contribution < -0.4 is 0 Å². The number of nitrogens with zero attached hydrogens (tertiary/aromatic N) is 3. The molecule has 0 N–H and O–H groups in total. The molecule has 4 aliphatic rings. The SMILES string of the molecule is CC(C)N(B1P2B(N(C(C)C)C(C)C)P1B2N1C(C)(C)CCCC1(C)C)C(C)C. The molecule has 4 fully saturated rings. The third-order valence-corrected chi connectivity index (χ3v) is 17.2. The third kappa shape index (κ3) is 3.95. The maximum absolute atomic E-state index is 3.05. The van der Waals surface area contributed by atoms with E-state index < -0.39 is 0 Å². The van der Waals surface area contributed by atoms with Crippen LogP contribution in [0.25, 0.3) is 0 Å². The summed E-state index contributed by atoms with van der Waals surface area (Å²) in [6.07, 6.45) is 6.79. The first-order valence-electron chi connectivity index (χ1n) is 12.1. The van der Waals surface area contributed by atoms with Crippen molar-refractivity contribution in [1.29, 1.82) is 0 Å². The predicted molar refractivity (Wildman–Crippen MR) is 139 cm³/mol. The van der Waals surface area contributed by atoms with Crippen LogP contribution in [0, 0.1) is 0 Å². The predicted octanol–water partition coefficient (Wildman–Crippen LogP) is 6.21. The summed E-state index contributed by atoms with van der Waals surface area (Å²) in [6.45, 7) is 29.5. The van der Waals surface area contributed by atoms with Gasteiger partial charge in [0.05, 0.1) is 0 Å². The minimum atomic E-state index is -0.00617.